The summed E-state index contributed by atoms with van der Waals surface area (Å²) < 4.78 is 5.37. The first-order valence-corrected chi connectivity index (χ1v) is 9.70. The van der Waals surface area contributed by atoms with Gasteiger partial charge in [0.05, 0.1) is 7.11 Å². The number of hydrogen-bond acceptors (Lipinski definition) is 2. The average molecular weight is 353 g/mol. The molecule has 2 aromatic rings. The van der Waals surface area contributed by atoms with Gasteiger partial charge in [-0.1, -0.05) is 66.8 Å². The van der Waals surface area contributed by atoms with Gasteiger partial charge >= 0.3 is 0 Å². The SMILES string of the molecule is COc1ccc(C2C3C=CC=CC3=C(c3ccccc3)C3=NCCC32)cc1. The minimum Gasteiger partial charge on any atom is -0.497 e. The molecule has 0 saturated carbocycles. The highest BCUT2D eigenvalue weighted by Crippen LogP contribution is 2.51. The summed E-state index contributed by atoms with van der Waals surface area (Å²) in [6.45, 7) is 0.927. The second-order valence-corrected chi connectivity index (χ2v) is 7.43. The van der Waals surface area contributed by atoms with Crippen molar-refractivity contribution < 1.29 is 4.74 Å². The molecule has 2 aliphatic carbocycles. The standard InChI is InChI=1S/C25H23NO/c1-27-19-13-11-18(12-14-19)23-20-9-5-6-10-21(20)24(17-7-3-2-4-8-17)25-22(23)15-16-26-25/h2-14,20,22-23H,15-16H2,1H3. The molecule has 0 aromatic heterocycles. The molecule has 0 radical (unpaired) electrons. The van der Waals surface area contributed by atoms with Gasteiger partial charge in [-0.3, -0.25) is 4.99 Å². The molecule has 2 heteroatoms. The smallest absolute Gasteiger partial charge is 0.118 e. The van der Waals surface area contributed by atoms with E-state index in [0.717, 1.165) is 18.7 Å². The molecule has 0 amide bonds. The molecular formula is C25H23NO. The lowest BCUT2D eigenvalue weighted by molar-refractivity contribution is 0.413. The molecular weight excluding hydrogens is 330 g/mol. The Bertz CT molecular complexity index is 963. The molecule has 2 nitrogen and oxygen atoms in total. The topological polar surface area (TPSA) is 21.6 Å². The van der Waals surface area contributed by atoms with Crippen molar-refractivity contribution in [1.82, 2.24) is 0 Å². The van der Waals surface area contributed by atoms with Crippen molar-refractivity contribution in [1.29, 1.82) is 0 Å². The van der Waals surface area contributed by atoms with Crippen molar-refractivity contribution in [2.45, 2.75) is 12.3 Å². The highest BCUT2D eigenvalue weighted by atomic mass is 16.5. The Balaban J connectivity index is 1.68. The van der Waals surface area contributed by atoms with Crippen LogP contribution in [-0.4, -0.2) is 19.4 Å². The zero-order valence-electron chi connectivity index (χ0n) is 15.5. The van der Waals surface area contributed by atoms with Gasteiger partial charge < -0.3 is 4.74 Å². The van der Waals surface area contributed by atoms with E-state index in [4.69, 9.17) is 9.73 Å². The molecule has 1 heterocycles. The molecule has 5 rings (SSSR count). The van der Waals surface area contributed by atoms with E-state index in [2.05, 4.69) is 78.9 Å². The number of methoxy groups -OCH3 is 1. The normalized spacial score (nSPS) is 25.8. The number of nitrogens with zero attached hydrogens (tertiary/aromatic N) is 1. The fourth-order valence-corrected chi connectivity index (χ4v) is 4.90. The summed E-state index contributed by atoms with van der Waals surface area (Å²) in [5, 5.41) is 0. The lowest BCUT2D eigenvalue weighted by Gasteiger charge is -2.39. The van der Waals surface area contributed by atoms with Crippen LogP contribution < -0.4 is 4.74 Å². The van der Waals surface area contributed by atoms with Gasteiger partial charge in [0.15, 0.2) is 0 Å². The number of allylic oxidation sites excluding steroid dienone is 6. The van der Waals surface area contributed by atoms with Crippen LogP contribution in [0.25, 0.3) is 5.57 Å². The van der Waals surface area contributed by atoms with Crippen molar-refractivity contribution in [3.8, 4) is 5.75 Å². The zero-order chi connectivity index (χ0) is 18.2. The first-order chi connectivity index (χ1) is 13.4. The van der Waals surface area contributed by atoms with Crippen LogP contribution in [0.15, 0.2) is 89.5 Å². The second kappa shape index (κ2) is 6.70. The van der Waals surface area contributed by atoms with Gasteiger partial charge in [0, 0.05) is 35.6 Å². The average Bonchev–Trinajstić information content (AvgIpc) is 3.21. The van der Waals surface area contributed by atoms with Crippen molar-refractivity contribution in [2.75, 3.05) is 13.7 Å². The van der Waals surface area contributed by atoms with Gasteiger partial charge in [-0.25, -0.2) is 0 Å². The highest BCUT2D eigenvalue weighted by Gasteiger charge is 2.43. The van der Waals surface area contributed by atoms with Gasteiger partial charge in [-0.2, -0.15) is 0 Å². The van der Waals surface area contributed by atoms with Crippen LogP contribution in [0, 0.1) is 11.8 Å². The fourth-order valence-electron chi connectivity index (χ4n) is 4.90. The Morgan fingerprint density at radius 3 is 2.56 bits per heavy atom. The zero-order valence-corrected chi connectivity index (χ0v) is 15.5. The molecule has 2 aromatic carbocycles. The number of benzene rings is 2. The predicted octanol–water partition coefficient (Wildman–Crippen LogP) is 5.45. The lowest BCUT2D eigenvalue weighted by Crippen LogP contribution is -2.33. The number of aliphatic imine (C=N–C) groups is 1. The van der Waals surface area contributed by atoms with E-state index in [1.54, 1.807) is 7.11 Å². The van der Waals surface area contributed by atoms with Crippen LogP contribution in [0.1, 0.15) is 23.5 Å². The van der Waals surface area contributed by atoms with Crippen LogP contribution in [-0.2, 0) is 0 Å². The summed E-state index contributed by atoms with van der Waals surface area (Å²) in [6.07, 6.45) is 10.2. The quantitative estimate of drug-likeness (QED) is 0.719. The number of ether oxygens (including phenoxy) is 1. The van der Waals surface area contributed by atoms with Gasteiger partial charge in [0.2, 0.25) is 0 Å². The fraction of sp³-hybridized carbons (Fsp3) is 0.240. The molecule has 3 aliphatic rings. The predicted molar refractivity (Wildman–Crippen MR) is 111 cm³/mol. The Morgan fingerprint density at radius 1 is 0.963 bits per heavy atom. The Labute approximate surface area is 160 Å². The van der Waals surface area contributed by atoms with Crippen LogP contribution in [0.5, 0.6) is 5.75 Å². The molecule has 27 heavy (non-hydrogen) atoms. The highest BCUT2D eigenvalue weighted by molar-refractivity contribution is 6.28. The molecule has 0 fully saturated rings. The molecule has 3 unspecified atom stereocenters. The van der Waals surface area contributed by atoms with E-state index in [-0.39, 0.29) is 0 Å². The summed E-state index contributed by atoms with van der Waals surface area (Å²) >= 11 is 0. The first-order valence-electron chi connectivity index (χ1n) is 9.70. The summed E-state index contributed by atoms with van der Waals surface area (Å²) in [7, 11) is 1.72. The molecule has 3 atom stereocenters. The number of hydrogen-bond donors (Lipinski definition) is 0. The van der Waals surface area contributed by atoms with E-state index in [1.165, 1.54) is 28.0 Å². The van der Waals surface area contributed by atoms with Crippen molar-refractivity contribution in [2.24, 2.45) is 16.8 Å². The summed E-state index contributed by atoms with van der Waals surface area (Å²) in [6, 6.07) is 19.4. The maximum absolute atomic E-state index is 5.37. The number of rotatable bonds is 3. The summed E-state index contributed by atoms with van der Waals surface area (Å²) in [5.74, 6) is 2.20. The van der Waals surface area contributed by atoms with Gasteiger partial charge in [-0.05, 0) is 35.3 Å². The van der Waals surface area contributed by atoms with E-state index >= 15 is 0 Å². The molecule has 134 valence electrons. The van der Waals surface area contributed by atoms with Crippen LogP contribution in [0.3, 0.4) is 0 Å². The molecule has 0 N–H and O–H groups in total. The van der Waals surface area contributed by atoms with E-state index in [1.807, 2.05) is 0 Å². The minimum absolute atomic E-state index is 0.389. The Kier molecular flexibility index (Phi) is 4.05. The molecule has 1 aliphatic heterocycles. The van der Waals surface area contributed by atoms with Gasteiger partial charge in [0.25, 0.3) is 0 Å². The van der Waals surface area contributed by atoms with Crippen molar-refractivity contribution >= 4 is 11.3 Å². The van der Waals surface area contributed by atoms with Gasteiger partial charge in [0.1, 0.15) is 5.75 Å². The maximum Gasteiger partial charge on any atom is 0.118 e. The number of fused-ring (bicyclic) bond motifs is 2. The van der Waals surface area contributed by atoms with Crippen LogP contribution in [0.2, 0.25) is 0 Å². The van der Waals surface area contributed by atoms with Crippen molar-refractivity contribution in [3.63, 3.8) is 0 Å². The maximum atomic E-state index is 5.37. The lowest BCUT2D eigenvalue weighted by atomic mass is 9.63. The van der Waals surface area contributed by atoms with Gasteiger partial charge in [-0.15, -0.1) is 0 Å². The Morgan fingerprint density at radius 2 is 1.78 bits per heavy atom. The molecule has 0 bridgehead atoms. The van der Waals surface area contributed by atoms with E-state index in [9.17, 15) is 0 Å². The Hall–Kier alpha value is -2.87. The third kappa shape index (κ3) is 2.68. The minimum atomic E-state index is 0.389. The van der Waals surface area contributed by atoms with Crippen molar-refractivity contribution in [3.05, 3.63) is 95.6 Å². The van der Waals surface area contributed by atoms with Crippen LogP contribution >= 0.6 is 0 Å². The molecule has 0 spiro atoms. The second-order valence-electron chi connectivity index (χ2n) is 7.43. The third-order valence-electron chi connectivity index (χ3n) is 6.07. The largest absolute Gasteiger partial charge is 0.497 e. The first kappa shape index (κ1) is 16.3. The van der Waals surface area contributed by atoms with Crippen LogP contribution in [0.4, 0.5) is 0 Å². The molecule has 0 saturated heterocycles. The summed E-state index contributed by atoms with van der Waals surface area (Å²) in [5.41, 5.74) is 6.73. The van der Waals surface area contributed by atoms with E-state index < -0.39 is 0 Å². The summed E-state index contributed by atoms with van der Waals surface area (Å²) in [4.78, 5) is 4.99. The third-order valence-corrected chi connectivity index (χ3v) is 6.07. The monoisotopic (exact) mass is 353 g/mol. The van der Waals surface area contributed by atoms with E-state index in [0.29, 0.717) is 17.8 Å².